The van der Waals surface area contributed by atoms with Crippen LogP contribution < -0.4 is 0 Å². The molecule has 93 heavy (non-hydrogen) atoms. The number of aromatic amines is 1. The molecule has 0 amide bonds. The van der Waals surface area contributed by atoms with Crippen LogP contribution in [-0.2, 0) is 85.2 Å². The average molecular weight is 1270 g/mol. The van der Waals surface area contributed by atoms with Gasteiger partial charge in [0, 0.05) is 59.5 Å². The first-order valence-electron chi connectivity index (χ1n) is 28.9. The second-order valence-electron chi connectivity index (χ2n) is 18.6. The molecule has 0 aliphatic heterocycles. The molecule has 0 fully saturated rings. The van der Waals surface area contributed by atoms with Crippen LogP contribution in [0.1, 0.15) is 97.2 Å². The van der Waals surface area contributed by atoms with Crippen molar-refractivity contribution in [2.24, 2.45) is 15.3 Å². The second kappa shape index (κ2) is 43.8. The van der Waals surface area contributed by atoms with Crippen LogP contribution in [0.25, 0.3) is 54.5 Å². The fourth-order valence-electron chi connectivity index (χ4n) is 8.25. The average Bonchev–Trinajstić information content (AvgIpc) is 1.72. The Hall–Kier alpha value is -11.8. The molecule has 0 bridgehead atoms. The number of nitrogens with zero attached hydrogens (tertiary/aromatic N) is 17. The van der Waals surface area contributed by atoms with Crippen LogP contribution in [0.4, 0.5) is 0 Å². The van der Waals surface area contributed by atoms with Crippen molar-refractivity contribution in [2.45, 2.75) is 94.4 Å². The summed E-state index contributed by atoms with van der Waals surface area (Å²) in [5.74, 6) is -2.12. The summed E-state index contributed by atoms with van der Waals surface area (Å²) in [7, 11) is 0. The summed E-state index contributed by atoms with van der Waals surface area (Å²) in [6.45, 7) is 10.6. The smallest absolute Gasteiger partial charge is 0.354 e. The number of carbonyl (C=O) groups is 5. The Kier molecular flexibility index (Phi) is 35.5. The van der Waals surface area contributed by atoms with Crippen molar-refractivity contribution in [3.63, 3.8) is 0 Å². The van der Waals surface area contributed by atoms with Gasteiger partial charge in [0.25, 0.3) is 0 Å². The van der Waals surface area contributed by atoms with E-state index in [1.165, 1.54) is 34.4 Å². The zero-order chi connectivity index (χ0) is 65.3. The second-order valence-corrected chi connectivity index (χ2v) is 18.6. The molecule has 9 aromatic rings. The largest absolute Gasteiger partial charge is 0.466 e. The van der Waals surface area contributed by atoms with Crippen molar-refractivity contribution in [2.75, 3.05) is 33.0 Å². The van der Waals surface area contributed by atoms with E-state index >= 15 is 0 Å². The Morgan fingerprint density at radius 1 is 0.495 bits per heavy atom. The molecule has 0 saturated carbocycles. The van der Waals surface area contributed by atoms with Gasteiger partial charge in [-0.2, -0.15) is 20.4 Å². The Balaban J connectivity index is 0.000000310. The third-order valence-corrected chi connectivity index (χ3v) is 12.5. The lowest BCUT2D eigenvalue weighted by Gasteiger charge is -2.06. The lowest BCUT2D eigenvalue weighted by Crippen LogP contribution is -2.08. The number of fused-ring (bicyclic) bond motifs is 1. The maximum atomic E-state index is 11.8. The third kappa shape index (κ3) is 26.8. The number of nitrogens with one attached hydrogen (secondary N) is 1. The van der Waals surface area contributed by atoms with Crippen LogP contribution in [0.15, 0.2) is 197 Å². The van der Waals surface area contributed by atoms with Gasteiger partial charge < -0.3 is 23.9 Å². The van der Waals surface area contributed by atoms with Gasteiger partial charge >= 0.3 is 23.9 Å². The predicted molar refractivity (Wildman–Crippen MR) is 354 cm³/mol. The van der Waals surface area contributed by atoms with Crippen LogP contribution in [-0.4, -0.2) is 107 Å². The first-order valence-corrected chi connectivity index (χ1v) is 28.9. The van der Waals surface area contributed by atoms with Gasteiger partial charge in [-0.3, -0.25) is 28.3 Å². The normalized spacial score (nSPS) is 10.2. The van der Waals surface area contributed by atoms with E-state index in [0.29, 0.717) is 49.1 Å². The van der Waals surface area contributed by atoms with Crippen LogP contribution in [0.2, 0.25) is 0 Å². The van der Waals surface area contributed by atoms with E-state index in [9.17, 15) is 24.0 Å². The molecule has 0 saturated heterocycles. The zero-order valence-corrected chi connectivity index (χ0v) is 50.9. The first-order chi connectivity index (χ1) is 44.5. The van der Waals surface area contributed by atoms with Crippen LogP contribution in [0.5, 0.6) is 0 Å². The molecule has 27 nitrogen and oxygen atoms in total. The van der Waals surface area contributed by atoms with Crippen LogP contribution >= 0.6 is 0 Å². The van der Waals surface area contributed by atoms with E-state index in [1.807, 2.05) is 102 Å². The van der Waals surface area contributed by atoms with E-state index < -0.39 is 17.9 Å². The van der Waals surface area contributed by atoms with Gasteiger partial charge in [-0.15, -0.1) is 0 Å². The number of aryl methyl sites for hydroxylation is 8. The minimum atomic E-state index is -0.652. The van der Waals surface area contributed by atoms with Crippen molar-refractivity contribution < 1.29 is 42.9 Å². The highest BCUT2D eigenvalue weighted by molar-refractivity contribution is 5.94. The molecule has 9 rings (SSSR count). The number of rotatable bonds is 26. The van der Waals surface area contributed by atoms with Crippen molar-refractivity contribution in [3.05, 3.63) is 258 Å². The molecule has 0 radical (unpaired) electrons. The summed E-state index contributed by atoms with van der Waals surface area (Å²) in [6.07, 6.45) is 13.9. The van der Waals surface area contributed by atoms with E-state index in [1.54, 1.807) is 90.8 Å². The summed E-state index contributed by atoms with van der Waals surface area (Å²) in [6, 6.07) is 47.5. The number of benzene rings is 4. The molecule has 4 aromatic carbocycles. The highest BCUT2D eigenvalue weighted by atomic mass is 16.5. The monoisotopic (exact) mass is 1270 g/mol. The summed E-state index contributed by atoms with van der Waals surface area (Å²) in [5.41, 5.74) is 33.9. The molecule has 486 valence electrons. The van der Waals surface area contributed by atoms with Crippen LogP contribution in [0.3, 0.4) is 0 Å². The number of H-pyrrole nitrogens is 1. The van der Waals surface area contributed by atoms with E-state index in [-0.39, 0.29) is 52.0 Å². The van der Waals surface area contributed by atoms with E-state index in [4.69, 9.17) is 30.8 Å². The van der Waals surface area contributed by atoms with Gasteiger partial charge in [0.2, 0.25) is 0 Å². The molecule has 5 heterocycles. The molecular formula is C66H78N18O9. The first kappa shape index (κ1) is 75.5. The maximum Gasteiger partial charge on any atom is 0.354 e. The van der Waals surface area contributed by atoms with Gasteiger partial charge in [0.15, 0.2) is 6.29 Å². The van der Waals surface area contributed by atoms with Crippen molar-refractivity contribution in [1.82, 2.24) is 44.1 Å². The molecule has 0 atom stereocenters. The van der Waals surface area contributed by atoms with E-state index in [2.05, 4.69) is 84.5 Å². The van der Waals surface area contributed by atoms with Gasteiger partial charge in [0.1, 0.15) is 29.3 Å². The van der Waals surface area contributed by atoms with E-state index in [0.717, 1.165) is 56.1 Å². The molecule has 0 aliphatic rings. The minimum Gasteiger partial charge on any atom is -0.466 e. The SMILES string of the molecule is C.C.CCOC(=O)/C(=C/c1ccnn1CCc1ccccc1)N=[N+]=[N-].CCOC(=O)/C(=C/c1ccnn1CCc1ccccc1)N=[N+]=[N-].CCOC(=O)CN=[N+]=[N-].CCOC(=O)c1cc2c(cnn2CCc2ccccc2)[nH]1.O=Cc1ccnn1CCc1ccccc1. The molecule has 5 aromatic heterocycles. The van der Waals surface area contributed by atoms with Gasteiger partial charge in [0.05, 0.1) is 55.0 Å². The lowest BCUT2D eigenvalue weighted by molar-refractivity contribution is -0.141. The number of azide groups is 3. The molecule has 0 aliphatic carbocycles. The Morgan fingerprint density at radius 2 is 0.871 bits per heavy atom. The number of esters is 4. The standard InChI is InChI=1S/2C16H17N5O2.C16H17N3O2.C12H12N2O.C4H7N3O2.2CH4/c2*1-2-23-16(22)15(19-20-17)12-14-8-10-18-21(14)11-9-13-6-4-3-5-7-13;1-2-21-16(20)13-10-15-14(18-13)11-17-19(15)9-8-12-6-4-3-5-7-12;15-10-12-6-8-13-14(12)9-7-11-4-2-1-3-5-11;1-2-9-4(8)3-6-7-5;;/h2*3-8,10,12H,2,9,11H2,1H3;3-7,10-11,18H,2,8-9H2,1H3;1-6,8,10H,7,9H2;2-3H2,1H3;2*1H4/b2*15-12-;;;;;. The molecule has 0 spiro atoms. The quantitative estimate of drug-likeness (QED) is 0.0100. The summed E-state index contributed by atoms with van der Waals surface area (Å²) in [4.78, 5) is 67.0. The molecular weight excluding hydrogens is 1190 g/mol. The summed E-state index contributed by atoms with van der Waals surface area (Å²) < 4.78 is 26.3. The Labute approximate surface area is 539 Å². The number of hydrogen-bond donors (Lipinski definition) is 1. The topological polar surface area (TPSA) is 356 Å². The maximum absolute atomic E-state index is 11.8. The van der Waals surface area contributed by atoms with Crippen molar-refractivity contribution in [3.8, 4) is 0 Å². The number of hydrogen-bond acceptors (Lipinski definition) is 16. The summed E-state index contributed by atoms with van der Waals surface area (Å²) in [5, 5.41) is 26.7. The number of ether oxygens (including phenoxy) is 4. The number of carbonyl (C=O) groups excluding carboxylic acids is 5. The van der Waals surface area contributed by atoms with Gasteiger partial charge in [-0.05, 0) is 129 Å². The van der Waals surface area contributed by atoms with Gasteiger partial charge in [-0.1, -0.05) is 152 Å². The minimum absolute atomic E-state index is 0. The fourth-order valence-corrected chi connectivity index (χ4v) is 8.25. The molecule has 1 N–H and O–H groups in total. The highest BCUT2D eigenvalue weighted by Gasteiger charge is 2.15. The van der Waals surface area contributed by atoms with Crippen molar-refractivity contribution >= 4 is 53.3 Å². The van der Waals surface area contributed by atoms with Gasteiger partial charge in [-0.25, -0.2) is 14.4 Å². The lowest BCUT2D eigenvalue weighted by atomic mass is 10.1. The van der Waals surface area contributed by atoms with Crippen molar-refractivity contribution in [1.29, 1.82) is 0 Å². The number of aromatic nitrogens is 9. The predicted octanol–water partition coefficient (Wildman–Crippen LogP) is 13.5. The summed E-state index contributed by atoms with van der Waals surface area (Å²) >= 11 is 0. The molecule has 0 unspecified atom stereocenters. The number of aldehydes is 1. The van der Waals surface area contributed by atoms with Crippen LogP contribution in [0, 0.1) is 0 Å². The Morgan fingerprint density at radius 3 is 1.24 bits per heavy atom. The molecule has 27 heteroatoms. The Bertz CT molecular complexity index is 3770. The third-order valence-electron chi connectivity index (χ3n) is 12.5. The fraction of sp³-hybridized carbons (Fsp3) is 0.288. The highest BCUT2D eigenvalue weighted by Crippen LogP contribution is 2.18. The zero-order valence-electron chi connectivity index (χ0n) is 50.9.